The Morgan fingerprint density at radius 3 is 2.76 bits per heavy atom. The molecule has 2 N–H and O–H groups in total. The molecule has 1 heterocycles. The van der Waals surface area contributed by atoms with Gasteiger partial charge in [0.15, 0.2) is 0 Å². The molecular formula is C15H22N2O3S. The number of carboxylic acid groups (broad SMARTS) is 1. The lowest BCUT2D eigenvalue weighted by Crippen LogP contribution is -2.24. The van der Waals surface area contributed by atoms with Crippen LogP contribution in [-0.2, 0) is 28.9 Å². The second-order valence-electron chi connectivity index (χ2n) is 5.39. The van der Waals surface area contributed by atoms with Crippen LogP contribution in [0.5, 0.6) is 0 Å². The van der Waals surface area contributed by atoms with Gasteiger partial charge in [0, 0.05) is 30.7 Å². The molecule has 0 spiro atoms. The van der Waals surface area contributed by atoms with Gasteiger partial charge in [-0.25, -0.2) is 4.98 Å². The maximum atomic E-state index is 11.5. The summed E-state index contributed by atoms with van der Waals surface area (Å²) in [5.74, 6) is -0.912. The van der Waals surface area contributed by atoms with Gasteiger partial charge in [-0.2, -0.15) is 0 Å². The Balaban J connectivity index is 1.60. The number of amides is 1. The first-order valence-corrected chi connectivity index (χ1v) is 8.43. The number of carbonyl (C=O) groups excluding carboxylic acids is 1. The lowest BCUT2D eigenvalue weighted by Gasteiger charge is -2.06. The Kier molecular flexibility index (Phi) is 6.17. The summed E-state index contributed by atoms with van der Waals surface area (Å²) in [5, 5.41) is 12.5. The van der Waals surface area contributed by atoms with E-state index < -0.39 is 5.97 Å². The van der Waals surface area contributed by atoms with E-state index in [0.29, 0.717) is 13.0 Å². The predicted molar refractivity (Wildman–Crippen MR) is 81.6 cm³/mol. The molecule has 0 aromatic carbocycles. The molecule has 0 atom stereocenters. The van der Waals surface area contributed by atoms with Crippen LogP contribution in [0.15, 0.2) is 0 Å². The van der Waals surface area contributed by atoms with E-state index in [1.165, 1.54) is 34.8 Å². The van der Waals surface area contributed by atoms with Crippen molar-refractivity contribution in [1.82, 2.24) is 10.3 Å². The third-order valence-corrected chi connectivity index (χ3v) is 4.79. The van der Waals surface area contributed by atoms with Crippen LogP contribution in [-0.4, -0.2) is 28.5 Å². The Morgan fingerprint density at radius 2 is 2.00 bits per heavy atom. The van der Waals surface area contributed by atoms with Gasteiger partial charge in [-0.1, -0.05) is 0 Å². The quantitative estimate of drug-likeness (QED) is 0.722. The number of hydrogen-bond donors (Lipinski definition) is 2. The predicted octanol–water partition coefficient (Wildman–Crippen LogP) is 2.33. The fraction of sp³-hybridized carbons (Fsp3) is 0.667. The SMILES string of the molecule is O=C(O)CCCC(=O)NCCCc1nc2c(s1)CCCC2. The summed E-state index contributed by atoms with van der Waals surface area (Å²) in [5.41, 5.74) is 1.29. The molecule has 0 aliphatic heterocycles. The zero-order chi connectivity index (χ0) is 15.1. The van der Waals surface area contributed by atoms with E-state index in [1.807, 2.05) is 11.3 Å². The first-order valence-electron chi connectivity index (χ1n) is 7.61. The molecule has 0 saturated heterocycles. The van der Waals surface area contributed by atoms with Crippen LogP contribution >= 0.6 is 11.3 Å². The van der Waals surface area contributed by atoms with Gasteiger partial charge in [0.1, 0.15) is 0 Å². The van der Waals surface area contributed by atoms with Crippen molar-refractivity contribution in [2.45, 2.75) is 57.8 Å². The van der Waals surface area contributed by atoms with E-state index >= 15 is 0 Å². The van der Waals surface area contributed by atoms with Gasteiger partial charge in [-0.05, 0) is 38.5 Å². The number of rotatable bonds is 8. The highest BCUT2D eigenvalue weighted by Gasteiger charge is 2.14. The molecule has 1 amide bonds. The zero-order valence-corrected chi connectivity index (χ0v) is 13.0. The van der Waals surface area contributed by atoms with Crippen LogP contribution in [0.2, 0.25) is 0 Å². The number of nitrogens with one attached hydrogen (secondary N) is 1. The molecule has 1 aromatic rings. The molecule has 21 heavy (non-hydrogen) atoms. The second-order valence-corrected chi connectivity index (χ2v) is 6.55. The van der Waals surface area contributed by atoms with E-state index in [2.05, 4.69) is 10.3 Å². The monoisotopic (exact) mass is 310 g/mol. The van der Waals surface area contributed by atoms with Gasteiger partial charge >= 0.3 is 5.97 Å². The van der Waals surface area contributed by atoms with Crippen LogP contribution in [0, 0.1) is 0 Å². The molecule has 6 heteroatoms. The number of carbonyl (C=O) groups is 2. The van der Waals surface area contributed by atoms with Crippen LogP contribution in [0.3, 0.4) is 0 Å². The summed E-state index contributed by atoms with van der Waals surface area (Å²) in [7, 11) is 0. The summed E-state index contributed by atoms with van der Waals surface area (Å²) >= 11 is 1.82. The molecule has 5 nitrogen and oxygen atoms in total. The number of hydrogen-bond acceptors (Lipinski definition) is 4. The minimum Gasteiger partial charge on any atom is -0.481 e. The highest BCUT2D eigenvalue weighted by Crippen LogP contribution is 2.27. The van der Waals surface area contributed by atoms with Crippen molar-refractivity contribution in [2.75, 3.05) is 6.54 Å². The topological polar surface area (TPSA) is 79.3 Å². The Morgan fingerprint density at radius 1 is 1.19 bits per heavy atom. The smallest absolute Gasteiger partial charge is 0.303 e. The molecule has 0 bridgehead atoms. The molecule has 0 unspecified atom stereocenters. The Bertz CT molecular complexity index is 476. The van der Waals surface area contributed by atoms with Crippen LogP contribution in [0.1, 0.15) is 54.1 Å². The van der Waals surface area contributed by atoms with E-state index in [1.54, 1.807) is 0 Å². The zero-order valence-electron chi connectivity index (χ0n) is 12.2. The summed E-state index contributed by atoms with van der Waals surface area (Å²) in [4.78, 5) is 28.0. The van der Waals surface area contributed by atoms with Gasteiger partial charge < -0.3 is 10.4 Å². The molecule has 1 aliphatic carbocycles. The van der Waals surface area contributed by atoms with E-state index in [0.717, 1.165) is 19.3 Å². The average molecular weight is 310 g/mol. The van der Waals surface area contributed by atoms with E-state index in [9.17, 15) is 9.59 Å². The molecule has 2 rings (SSSR count). The van der Waals surface area contributed by atoms with Crippen molar-refractivity contribution in [1.29, 1.82) is 0 Å². The summed E-state index contributed by atoms with van der Waals surface area (Å²) < 4.78 is 0. The fourth-order valence-corrected chi connectivity index (χ4v) is 3.67. The molecular weight excluding hydrogens is 288 g/mol. The Labute approximate surface area is 128 Å². The van der Waals surface area contributed by atoms with Crippen LogP contribution < -0.4 is 5.32 Å². The lowest BCUT2D eigenvalue weighted by molar-refractivity contribution is -0.137. The number of aromatic nitrogens is 1. The lowest BCUT2D eigenvalue weighted by atomic mass is 10.0. The minimum absolute atomic E-state index is 0.0537. The van der Waals surface area contributed by atoms with Crippen molar-refractivity contribution >= 4 is 23.2 Å². The number of nitrogens with zero attached hydrogens (tertiary/aromatic N) is 1. The average Bonchev–Trinajstić information content (AvgIpc) is 2.86. The maximum absolute atomic E-state index is 11.5. The van der Waals surface area contributed by atoms with Crippen LogP contribution in [0.25, 0.3) is 0 Å². The normalized spacial score (nSPS) is 13.7. The van der Waals surface area contributed by atoms with Gasteiger partial charge in [0.05, 0.1) is 10.7 Å². The van der Waals surface area contributed by atoms with Gasteiger partial charge in [-0.3, -0.25) is 9.59 Å². The highest BCUT2D eigenvalue weighted by molar-refractivity contribution is 7.11. The molecule has 1 aliphatic rings. The number of carboxylic acids is 1. The van der Waals surface area contributed by atoms with Crippen molar-refractivity contribution in [3.05, 3.63) is 15.6 Å². The molecule has 0 fully saturated rings. The second kappa shape index (κ2) is 8.12. The third-order valence-electron chi connectivity index (χ3n) is 3.57. The molecule has 1 aromatic heterocycles. The minimum atomic E-state index is -0.851. The number of thiazole rings is 1. The summed E-state index contributed by atoms with van der Waals surface area (Å²) in [6.45, 7) is 0.635. The fourth-order valence-electron chi connectivity index (χ4n) is 2.47. The van der Waals surface area contributed by atoms with Crippen molar-refractivity contribution < 1.29 is 14.7 Å². The van der Waals surface area contributed by atoms with Crippen molar-refractivity contribution in [3.8, 4) is 0 Å². The molecule has 0 radical (unpaired) electrons. The first-order chi connectivity index (χ1) is 10.1. The number of aliphatic carboxylic acids is 1. The van der Waals surface area contributed by atoms with Gasteiger partial charge in [0.25, 0.3) is 0 Å². The summed E-state index contributed by atoms with van der Waals surface area (Å²) in [6.07, 6.45) is 7.36. The first kappa shape index (κ1) is 15.9. The molecule has 116 valence electrons. The van der Waals surface area contributed by atoms with Crippen molar-refractivity contribution in [2.24, 2.45) is 0 Å². The third kappa shape index (κ3) is 5.46. The maximum Gasteiger partial charge on any atom is 0.303 e. The number of aryl methyl sites for hydroxylation is 3. The van der Waals surface area contributed by atoms with E-state index in [4.69, 9.17) is 5.11 Å². The standard InChI is InChI=1S/C15H22N2O3S/c18-13(7-3-9-15(19)20)16-10-4-8-14-17-11-5-1-2-6-12(11)21-14/h1-10H2,(H,16,18)(H,19,20). The molecule has 0 saturated carbocycles. The van der Waals surface area contributed by atoms with E-state index in [-0.39, 0.29) is 18.7 Å². The van der Waals surface area contributed by atoms with Crippen molar-refractivity contribution in [3.63, 3.8) is 0 Å². The Hall–Kier alpha value is -1.43. The van der Waals surface area contributed by atoms with Gasteiger partial charge in [0.2, 0.25) is 5.91 Å². The highest BCUT2D eigenvalue weighted by atomic mass is 32.1. The number of fused-ring (bicyclic) bond motifs is 1. The van der Waals surface area contributed by atoms with Gasteiger partial charge in [-0.15, -0.1) is 11.3 Å². The summed E-state index contributed by atoms with van der Waals surface area (Å²) in [6, 6.07) is 0. The van der Waals surface area contributed by atoms with Crippen LogP contribution in [0.4, 0.5) is 0 Å². The largest absolute Gasteiger partial charge is 0.481 e.